The molecule has 9 heteroatoms. The second-order valence-corrected chi connectivity index (χ2v) is 12.9. The second-order valence-electron chi connectivity index (χ2n) is 10.6. The van der Waals surface area contributed by atoms with Crippen LogP contribution in [0.25, 0.3) is 5.69 Å². The summed E-state index contributed by atoms with van der Waals surface area (Å²) in [4.78, 5) is 13.6. The average molecular weight is 625 g/mol. The number of nitrogens with zero attached hydrogens (tertiary/aromatic N) is 3. The minimum atomic E-state index is -4.06. The van der Waals surface area contributed by atoms with E-state index in [0.717, 1.165) is 33.8 Å². The molecule has 1 amide bonds. The first-order valence-corrected chi connectivity index (χ1v) is 15.9. The number of hydrazone groups is 1. The lowest BCUT2D eigenvalue weighted by Crippen LogP contribution is -2.33. The molecular weight excluding hydrogens is 592 g/mol. The fraction of sp³-hybridized carbons (Fsp3) is 0.143. The van der Waals surface area contributed by atoms with Gasteiger partial charge in [0.1, 0.15) is 0 Å². The number of aryl methyl sites for hydroxylation is 3. The number of amides is 1. The Morgan fingerprint density at radius 1 is 0.886 bits per heavy atom. The van der Waals surface area contributed by atoms with Gasteiger partial charge in [-0.05, 0) is 87.4 Å². The van der Waals surface area contributed by atoms with Gasteiger partial charge in [-0.3, -0.25) is 9.10 Å². The lowest BCUT2D eigenvalue weighted by Gasteiger charge is -2.26. The Bertz CT molecular complexity index is 1950. The number of carbonyl (C=O) groups is 1. The first-order valence-electron chi connectivity index (χ1n) is 14.1. The summed E-state index contributed by atoms with van der Waals surface area (Å²) in [6.45, 7) is 7.97. The van der Waals surface area contributed by atoms with E-state index in [4.69, 9.17) is 11.6 Å². The van der Waals surface area contributed by atoms with Crippen molar-refractivity contribution < 1.29 is 13.2 Å². The Morgan fingerprint density at radius 3 is 2.25 bits per heavy atom. The van der Waals surface area contributed by atoms with Crippen molar-refractivity contribution in [2.75, 3.05) is 4.31 Å². The van der Waals surface area contributed by atoms with E-state index in [0.29, 0.717) is 10.6 Å². The van der Waals surface area contributed by atoms with Gasteiger partial charge in [-0.25, -0.2) is 13.8 Å². The maximum absolute atomic E-state index is 14.0. The molecular formula is C35H33ClN4O3S. The van der Waals surface area contributed by atoms with Crippen molar-refractivity contribution in [1.82, 2.24) is 9.99 Å². The molecule has 1 heterocycles. The van der Waals surface area contributed by atoms with Crippen LogP contribution in [0.1, 0.15) is 44.0 Å². The Labute approximate surface area is 263 Å². The van der Waals surface area contributed by atoms with Crippen molar-refractivity contribution >= 4 is 39.4 Å². The van der Waals surface area contributed by atoms with E-state index in [2.05, 4.69) is 34.2 Å². The third kappa shape index (κ3) is 6.46. The Kier molecular flexibility index (Phi) is 9.04. The predicted octanol–water partition coefficient (Wildman–Crippen LogP) is 7.52. The Balaban J connectivity index is 1.47. The van der Waals surface area contributed by atoms with E-state index >= 15 is 0 Å². The maximum Gasteiger partial charge on any atom is 0.273 e. The molecule has 0 spiro atoms. The molecule has 1 aromatic heterocycles. The number of aromatic nitrogens is 1. The van der Waals surface area contributed by atoms with Gasteiger partial charge >= 0.3 is 0 Å². The summed E-state index contributed by atoms with van der Waals surface area (Å²) in [6, 6.07) is 30.3. The summed E-state index contributed by atoms with van der Waals surface area (Å²) in [6.07, 6.45) is 1.60. The van der Waals surface area contributed by atoms with Crippen LogP contribution in [-0.4, -0.2) is 25.1 Å². The molecule has 0 aliphatic rings. The zero-order chi connectivity index (χ0) is 31.4. The van der Waals surface area contributed by atoms with Gasteiger partial charge in [0.25, 0.3) is 15.9 Å². The zero-order valence-corrected chi connectivity index (χ0v) is 26.5. The largest absolute Gasteiger partial charge is 0.318 e. The zero-order valence-electron chi connectivity index (χ0n) is 25.0. The van der Waals surface area contributed by atoms with Crippen molar-refractivity contribution in [1.29, 1.82) is 0 Å². The lowest BCUT2D eigenvalue weighted by molar-refractivity contribution is 0.0955. The molecule has 0 saturated carbocycles. The van der Waals surface area contributed by atoms with Crippen LogP contribution in [0.3, 0.4) is 0 Å². The summed E-state index contributed by atoms with van der Waals surface area (Å²) in [5, 5.41) is 4.79. The number of nitrogens with one attached hydrogen (secondary N) is 1. The van der Waals surface area contributed by atoms with Gasteiger partial charge in [-0.1, -0.05) is 71.8 Å². The molecule has 5 aromatic rings. The first kappa shape index (κ1) is 30.8. The summed E-state index contributed by atoms with van der Waals surface area (Å²) in [5.74, 6) is -0.537. The van der Waals surface area contributed by atoms with E-state index < -0.39 is 15.9 Å². The number of hydrogen-bond donors (Lipinski definition) is 1. The Morgan fingerprint density at radius 2 is 1.55 bits per heavy atom. The molecule has 0 fully saturated rings. The molecule has 0 aliphatic carbocycles. The highest BCUT2D eigenvalue weighted by molar-refractivity contribution is 7.92. The Hall–Kier alpha value is -4.66. The number of rotatable bonds is 9. The highest BCUT2D eigenvalue weighted by atomic mass is 35.5. The SMILES string of the molecule is Cc1ccc(S(=O)(=O)N(Cc2ccc(Cl)cc2)c2ccccc2C(=O)N/N=C/c2cc(C)n(-c3ccccc3C)c2C)cc1. The molecule has 44 heavy (non-hydrogen) atoms. The summed E-state index contributed by atoms with van der Waals surface area (Å²) in [5.41, 5.74) is 9.74. The van der Waals surface area contributed by atoms with E-state index in [1.807, 2.05) is 39.0 Å². The van der Waals surface area contributed by atoms with E-state index in [1.165, 1.54) is 4.31 Å². The molecule has 4 aromatic carbocycles. The predicted molar refractivity (Wildman–Crippen MR) is 177 cm³/mol. The van der Waals surface area contributed by atoms with E-state index in [-0.39, 0.29) is 22.7 Å². The van der Waals surface area contributed by atoms with Gasteiger partial charge in [-0.2, -0.15) is 5.10 Å². The van der Waals surface area contributed by atoms with Crippen LogP contribution in [0.2, 0.25) is 5.02 Å². The number of benzene rings is 4. The maximum atomic E-state index is 14.0. The van der Waals surface area contributed by atoms with Gasteiger partial charge in [-0.15, -0.1) is 0 Å². The third-order valence-electron chi connectivity index (χ3n) is 7.46. The van der Waals surface area contributed by atoms with Crippen LogP contribution in [-0.2, 0) is 16.6 Å². The van der Waals surface area contributed by atoms with Crippen LogP contribution in [0.5, 0.6) is 0 Å². The van der Waals surface area contributed by atoms with Crippen molar-refractivity contribution in [2.45, 2.75) is 39.1 Å². The molecule has 5 rings (SSSR count). The molecule has 1 N–H and O–H groups in total. The van der Waals surface area contributed by atoms with Crippen LogP contribution in [0.15, 0.2) is 113 Å². The van der Waals surface area contributed by atoms with Gasteiger partial charge in [0, 0.05) is 27.7 Å². The van der Waals surface area contributed by atoms with Crippen LogP contribution < -0.4 is 9.73 Å². The van der Waals surface area contributed by atoms with Crippen molar-refractivity contribution in [3.05, 3.63) is 147 Å². The molecule has 0 aliphatic heterocycles. The molecule has 0 saturated heterocycles. The van der Waals surface area contributed by atoms with Gasteiger partial charge in [0.05, 0.1) is 28.9 Å². The normalized spacial score (nSPS) is 11.6. The molecule has 7 nitrogen and oxygen atoms in total. The number of anilines is 1. The van der Waals surface area contributed by atoms with E-state index in [9.17, 15) is 13.2 Å². The highest BCUT2D eigenvalue weighted by Crippen LogP contribution is 2.30. The van der Waals surface area contributed by atoms with Crippen molar-refractivity contribution in [2.24, 2.45) is 5.10 Å². The minimum Gasteiger partial charge on any atom is -0.318 e. The molecule has 0 radical (unpaired) electrons. The average Bonchev–Trinajstić information content (AvgIpc) is 3.29. The number of sulfonamides is 1. The summed E-state index contributed by atoms with van der Waals surface area (Å²) in [7, 11) is -4.06. The topological polar surface area (TPSA) is 83.8 Å². The fourth-order valence-corrected chi connectivity index (χ4v) is 6.70. The van der Waals surface area contributed by atoms with Gasteiger partial charge in [0.2, 0.25) is 0 Å². The minimum absolute atomic E-state index is 0.00811. The lowest BCUT2D eigenvalue weighted by atomic mass is 10.1. The monoisotopic (exact) mass is 624 g/mol. The van der Waals surface area contributed by atoms with E-state index in [1.54, 1.807) is 79.0 Å². The van der Waals surface area contributed by atoms with Crippen LogP contribution in [0.4, 0.5) is 5.69 Å². The molecule has 0 bridgehead atoms. The van der Waals surface area contributed by atoms with Crippen LogP contribution >= 0.6 is 11.6 Å². The van der Waals surface area contributed by atoms with Crippen molar-refractivity contribution in [3.8, 4) is 5.69 Å². The van der Waals surface area contributed by atoms with Crippen molar-refractivity contribution in [3.63, 3.8) is 0 Å². The number of para-hydroxylation sites is 2. The standard InChI is InChI=1S/C35H33ClN4O3S/c1-24-13-19-31(20-14-24)44(42,43)39(23-28-15-17-30(36)18-16-28)34-12-8-6-10-32(34)35(41)38-37-22-29-21-26(3)40(27(29)4)33-11-7-5-9-25(33)2/h5-22H,23H2,1-4H3,(H,38,41)/b37-22+. The first-order chi connectivity index (χ1) is 21.1. The van der Waals surface area contributed by atoms with Gasteiger partial charge < -0.3 is 4.57 Å². The number of hydrogen-bond acceptors (Lipinski definition) is 4. The molecule has 0 atom stereocenters. The summed E-state index contributed by atoms with van der Waals surface area (Å²) >= 11 is 6.08. The van der Waals surface area contributed by atoms with Gasteiger partial charge in [0.15, 0.2) is 0 Å². The molecule has 224 valence electrons. The third-order valence-corrected chi connectivity index (χ3v) is 9.49. The summed E-state index contributed by atoms with van der Waals surface area (Å²) < 4.78 is 31.5. The van der Waals surface area contributed by atoms with Crippen LogP contribution in [0, 0.1) is 27.7 Å². The fourth-order valence-electron chi connectivity index (χ4n) is 5.10. The number of halogens is 1. The number of carbonyl (C=O) groups excluding carboxylic acids is 1. The molecule has 0 unspecified atom stereocenters. The second kappa shape index (κ2) is 12.9. The quantitative estimate of drug-likeness (QED) is 0.136. The smallest absolute Gasteiger partial charge is 0.273 e. The highest BCUT2D eigenvalue weighted by Gasteiger charge is 2.28.